The molecule has 7 heteroatoms. The highest BCUT2D eigenvalue weighted by Crippen LogP contribution is 2.28. The summed E-state index contributed by atoms with van der Waals surface area (Å²) < 4.78 is 10.5. The Bertz CT molecular complexity index is 866. The number of ether oxygens (including phenoxy) is 2. The molecule has 1 amide bonds. The SMILES string of the molecule is COc1ccc(/C=C/C(=O)Nc2c(C)nc(N3CCCC3)nc2C)cc1OC. The number of benzene rings is 1. The van der Waals surface area contributed by atoms with Crippen molar-refractivity contribution in [3.8, 4) is 11.5 Å². The Balaban J connectivity index is 1.71. The maximum atomic E-state index is 12.4. The van der Waals surface area contributed by atoms with Gasteiger partial charge in [0.05, 0.1) is 31.3 Å². The highest BCUT2D eigenvalue weighted by atomic mass is 16.5. The predicted molar refractivity (Wildman–Crippen MR) is 110 cm³/mol. The maximum absolute atomic E-state index is 12.4. The fourth-order valence-corrected chi connectivity index (χ4v) is 3.23. The van der Waals surface area contributed by atoms with Crippen molar-refractivity contribution >= 4 is 23.6 Å². The molecule has 1 N–H and O–H groups in total. The number of nitrogens with zero attached hydrogens (tertiary/aromatic N) is 3. The van der Waals surface area contributed by atoms with Crippen LogP contribution in [0.25, 0.3) is 6.08 Å². The lowest BCUT2D eigenvalue weighted by atomic mass is 10.2. The Kier molecular flexibility index (Phi) is 6.13. The Morgan fingerprint density at radius 1 is 1.07 bits per heavy atom. The van der Waals surface area contributed by atoms with Crippen LogP contribution in [0.15, 0.2) is 24.3 Å². The van der Waals surface area contributed by atoms with Gasteiger partial charge in [-0.15, -0.1) is 0 Å². The van der Waals surface area contributed by atoms with Crippen molar-refractivity contribution in [1.29, 1.82) is 0 Å². The second-order valence-corrected chi connectivity index (χ2v) is 6.70. The number of rotatable bonds is 6. The van der Waals surface area contributed by atoms with Gasteiger partial charge in [0.1, 0.15) is 0 Å². The van der Waals surface area contributed by atoms with E-state index in [0.29, 0.717) is 17.2 Å². The molecule has 1 aliphatic rings. The third kappa shape index (κ3) is 4.42. The lowest BCUT2D eigenvalue weighted by Gasteiger charge is -2.18. The van der Waals surface area contributed by atoms with Crippen molar-refractivity contribution in [2.45, 2.75) is 26.7 Å². The van der Waals surface area contributed by atoms with Crippen LogP contribution in [0.4, 0.5) is 11.6 Å². The Hall–Kier alpha value is -3.09. The molecular formula is C21H26N4O3. The van der Waals surface area contributed by atoms with Gasteiger partial charge in [0.25, 0.3) is 0 Å². The van der Waals surface area contributed by atoms with E-state index in [1.54, 1.807) is 26.4 Å². The van der Waals surface area contributed by atoms with Gasteiger partial charge in [-0.3, -0.25) is 4.79 Å². The van der Waals surface area contributed by atoms with Crippen molar-refractivity contribution in [3.05, 3.63) is 41.2 Å². The van der Waals surface area contributed by atoms with Gasteiger partial charge in [0.2, 0.25) is 11.9 Å². The van der Waals surface area contributed by atoms with E-state index in [9.17, 15) is 4.79 Å². The average Bonchev–Trinajstić information content (AvgIpc) is 3.23. The lowest BCUT2D eigenvalue weighted by Crippen LogP contribution is -2.22. The normalized spacial score (nSPS) is 13.8. The molecule has 1 fully saturated rings. The minimum Gasteiger partial charge on any atom is -0.493 e. The van der Waals surface area contributed by atoms with Gasteiger partial charge in [-0.25, -0.2) is 9.97 Å². The van der Waals surface area contributed by atoms with Crippen LogP contribution in [0.2, 0.25) is 0 Å². The van der Waals surface area contributed by atoms with Crippen molar-refractivity contribution in [2.75, 3.05) is 37.5 Å². The predicted octanol–water partition coefficient (Wildman–Crippen LogP) is 3.36. The topological polar surface area (TPSA) is 76.6 Å². The second kappa shape index (κ2) is 8.73. The van der Waals surface area contributed by atoms with E-state index in [4.69, 9.17) is 9.47 Å². The molecule has 1 saturated heterocycles. The molecule has 28 heavy (non-hydrogen) atoms. The van der Waals surface area contributed by atoms with Gasteiger partial charge < -0.3 is 19.7 Å². The van der Waals surface area contributed by atoms with Crippen LogP contribution in [0.3, 0.4) is 0 Å². The molecule has 0 atom stereocenters. The monoisotopic (exact) mass is 382 g/mol. The summed E-state index contributed by atoms with van der Waals surface area (Å²) in [5.74, 6) is 1.76. The standard InChI is InChI=1S/C21H26N4O3/c1-14-20(15(2)23-21(22-14)25-11-5-6-12-25)24-19(26)10-8-16-7-9-17(27-3)18(13-16)28-4/h7-10,13H,5-6,11-12H2,1-4H3,(H,24,26)/b10-8+. The maximum Gasteiger partial charge on any atom is 0.248 e. The highest BCUT2D eigenvalue weighted by molar-refractivity contribution is 6.02. The number of hydrogen-bond acceptors (Lipinski definition) is 6. The van der Waals surface area contributed by atoms with Crippen molar-refractivity contribution < 1.29 is 14.3 Å². The van der Waals surface area contributed by atoms with E-state index in [1.807, 2.05) is 26.0 Å². The molecule has 0 radical (unpaired) electrons. The summed E-state index contributed by atoms with van der Waals surface area (Å²) in [6, 6.07) is 5.47. The first-order valence-electron chi connectivity index (χ1n) is 9.33. The van der Waals surface area contributed by atoms with E-state index < -0.39 is 0 Å². The average molecular weight is 382 g/mol. The molecule has 2 heterocycles. The largest absolute Gasteiger partial charge is 0.493 e. The Morgan fingerprint density at radius 3 is 2.32 bits per heavy atom. The highest BCUT2D eigenvalue weighted by Gasteiger charge is 2.18. The summed E-state index contributed by atoms with van der Waals surface area (Å²) in [5.41, 5.74) is 3.02. The number of carbonyl (C=O) groups is 1. The van der Waals surface area contributed by atoms with Crippen LogP contribution in [-0.2, 0) is 4.79 Å². The molecule has 148 valence electrons. The molecule has 1 aromatic carbocycles. The van der Waals surface area contributed by atoms with Gasteiger partial charge in [-0.05, 0) is 50.5 Å². The number of anilines is 2. The third-order valence-electron chi connectivity index (χ3n) is 4.73. The first-order chi connectivity index (χ1) is 13.5. The van der Waals surface area contributed by atoms with Crippen LogP contribution in [0, 0.1) is 13.8 Å². The number of methoxy groups -OCH3 is 2. The molecule has 0 bridgehead atoms. The number of nitrogens with one attached hydrogen (secondary N) is 1. The molecule has 3 rings (SSSR count). The van der Waals surface area contributed by atoms with Crippen LogP contribution in [-0.4, -0.2) is 43.2 Å². The van der Waals surface area contributed by atoms with Crippen molar-refractivity contribution in [1.82, 2.24) is 9.97 Å². The molecule has 0 saturated carbocycles. The molecule has 0 unspecified atom stereocenters. The van der Waals surface area contributed by atoms with Crippen molar-refractivity contribution in [3.63, 3.8) is 0 Å². The minimum absolute atomic E-state index is 0.237. The smallest absolute Gasteiger partial charge is 0.248 e. The first kappa shape index (κ1) is 19.7. The van der Waals surface area contributed by atoms with Crippen LogP contribution >= 0.6 is 0 Å². The van der Waals surface area contributed by atoms with Crippen LogP contribution < -0.4 is 19.7 Å². The Morgan fingerprint density at radius 2 is 1.71 bits per heavy atom. The van der Waals surface area contributed by atoms with E-state index in [1.165, 1.54) is 18.9 Å². The minimum atomic E-state index is -0.237. The van der Waals surface area contributed by atoms with E-state index in [-0.39, 0.29) is 5.91 Å². The summed E-state index contributed by atoms with van der Waals surface area (Å²) >= 11 is 0. The lowest BCUT2D eigenvalue weighted by molar-refractivity contribution is -0.111. The van der Waals surface area contributed by atoms with Crippen molar-refractivity contribution in [2.24, 2.45) is 0 Å². The number of hydrogen-bond donors (Lipinski definition) is 1. The first-order valence-corrected chi connectivity index (χ1v) is 9.33. The zero-order valence-corrected chi connectivity index (χ0v) is 16.8. The van der Waals surface area contributed by atoms with Gasteiger partial charge in [0, 0.05) is 19.2 Å². The van der Waals surface area contributed by atoms with Crippen LogP contribution in [0.1, 0.15) is 29.8 Å². The molecule has 1 aliphatic heterocycles. The van der Waals surface area contributed by atoms with Crippen LogP contribution in [0.5, 0.6) is 11.5 Å². The van der Waals surface area contributed by atoms with E-state index in [2.05, 4.69) is 20.2 Å². The molecule has 1 aromatic heterocycles. The molecule has 7 nitrogen and oxygen atoms in total. The van der Waals surface area contributed by atoms with Gasteiger partial charge in [-0.1, -0.05) is 6.07 Å². The summed E-state index contributed by atoms with van der Waals surface area (Å²) in [5, 5.41) is 2.89. The fraction of sp³-hybridized carbons (Fsp3) is 0.381. The quantitative estimate of drug-likeness (QED) is 0.772. The molecule has 0 aliphatic carbocycles. The number of aryl methyl sites for hydroxylation is 2. The molecule has 0 spiro atoms. The number of carbonyl (C=O) groups excluding carboxylic acids is 1. The fourth-order valence-electron chi connectivity index (χ4n) is 3.23. The molecular weight excluding hydrogens is 356 g/mol. The van der Waals surface area contributed by atoms with Gasteiger partial charge in [0.15, 0.2) is 11.5 Å². The summed E-state index contributed by atoms with van der Waals surface area (Å²) in [7, 11) is 3.16. The summed E-state index contributed by atoms with van der Waals surface area (Å²) in [6.45, 7) is 5.75. The van der Waals surface area contributed by atoms with E-state index >= 15 is 0 Å². The van der Waals surface area contributed by atoms with E-state index in [0.717, 1.165) is 36.0 Å². The number of amides is 1. The van der Waals surface area contributed by atoms with Gasteiger partial charge >= 0.3 is 0 Å². The summed E-state index contributed by atoms with van der Waals surface area (Å²) in [6.07, 6.45) is 5.54. The second-order valence-electron chi connectivity index (χ2n) is 6.70. The van der Waals surface area contributed by atoms with Gasteiger partial charge in [-0.2, -0.15) is 0 Å². The summed E-state index contributed by atoms with van der Waals surface area (Å²) in [4.78, 5) is 23.7. The zero-order valence-electron chi connectivity index (χ0n) is 16.8. The number of aromatic nitrogens is 2. The zero-order chi connectivity index (χ0) is 20.1. The molecule has 2 aromatic rings. The third-order valence-corrected chi connectivity index (χ3v) is 4.73. The Labute approximate surface area is 165 Å².